The normalized spacial score (nSPS) is 19.2. The molecule has 3 heteroatoms. The number of nitrogens with one attached hydrogen (secondary N) is 1. The number of rotatable bonds is 4. The van der Waals surface area contributed by atoms with E-state index in [0.29, 0.717) is 6.04 Å². The average molecular weight is 221 g/mol. The van der Waals surface area contributed by atoms with E-state index in [1.807, 2.05) is 11.7 Å². The van der Waals surface area contributed by atoms with Crippen LogP contribution in [0.25, 0.3) is 0 Å². The minimum absolute atomic E-state index is 0.506. The Morgan fingerprint density at radius 3 is 2.75 bits per heavy atom. The van der Waals surface area contributed by atoms with Gasteiger partial charge in [-0.05, 0) is 32.2 Å². The van der Waals surface area contributed by atoms with Gasteiger partial charge in [-0.2, -0.15) is 5.10 Å². The molecule has 0 saturated heterocycles. The zero-order valence-electron chi connectivity index (χ0n) is 10.7. The molecule has 0 aromatic carbocycles. The zero-order chi connectivity index (χ0) is 11.5. The van der Waals surface area contributed by atoms with E-state index < -0.39 is 0 Å². The molecule has 0 bridgehead atoms. The van der Waals surface area contributed by atoms with Gasteiger partial charge in [0.15, 0.2) is 0 Å². The Morgan fingerprint density at radius 2 is 2.19 bits per heavy atom. The van der Waals surface area contributed by atoms with Crippen molar-refractivity contribution in [2.75, 3.05) is 7.05 Å². The number of aryl methyl sites for hydroxylation is 2. The molecule has 1 N–H and O–H groups in total. The van der Waals surface area contributed by atoms with Crippen LogP contribution in [-0.2, 0) is 13.5 Å². The second-order valence-electron chi connectivity index (χ2n) is 4.87. The van der Waals surface area contributed by atoms with E-state index in [2.05, 4.69) is 30.6 Å². The summed E-state index contributed by atoms with van der Waals surface area (Å²) in [5.41, 5.74) is 2.67. The zero-order valence-corrected chi connectivity index (χ0v) is 10.7. The standard InChI is InChI=1S/C13H23N3/c1-4-12-11(9-16(3)15-12)13(14-2)10-7-5-6-8-10/h9-10,13-14H,4-8H2,1-3H3. The van der Waals surface area contributed by atoms with Crippen molar-refractivity contribution in [3.63, 3.8) is 0 Å². The first-order valence-electron chi connectivity index (χ1n) is 6.46. The van der Waals surface area contributed by atoms with Crippen molar-refractivity contribution in [3.05, 3.63) is 17.5 Å². The minimum Gasteiger partial charge on any atom is -0.313 e. The predicted molar refractivity (Wildman–Crippen MR) is 66.3 cm³/mol. The molecule has 1 aromatic heterocycles. The first-order chi connectivity index (χ1) is 7.76. The summed E-state index contributed by atoms with van der Waals surface area (Å²) < 4.78 is 1.95. The molecule has 0 amide bonds. The maximum Gasteiger partial charge on any atom is 0.0669 e. The second kappa shape index (κ2) is 5.00. The smallest absolute Gasteiger partial charge is 0.0669 e. The van der Waals surface area contributed by atoms with Crippen LogP contribution < -0.4 is 5.32 Å². The molecule has 1 fully saturated rings. The second-order valence-corrected chi connectivity index (χ2v) is 4.87. The topological polar surface area (TPSA) is 29.9 Å². The summed E-state index contributed by atoms with van der Waals surface area (Å²) >= 11 is 0. The molecule has 1 aromatic rings. The lowest BCUT2D eigenvalue weighted by Gasteiger charge is -2.22. The summed E-state index contributed by atoms with van der Waals surface area (Å²) in [6.45, 7) is 2.19. The van der Waals surface area contributed by atoms with Crippen LogP contribution in [0.3, 0.4) is 0 Å². The molecular weight excluding hydrogens is 198 g/mol. The Labute approximate surface area is 98.2 Å². The molecule has 0 spiro atoms. The van der Waals surface area contributed by atoms with Crippen LogP contribution in [0.2, 0.25) is 0 Å². The Kier molecular flexibility index (Phi) is 3.64. The highest BCUT2D eigenvalue weighted by Crippen LogP contribution is 2.36. The molecule has 1 saturated carbocycles. The van der Waals surface area contributed by atoms with Crippen LogP contribution in [-0.4, -0.2) is 16.8 Å². The Hall–Kier alpha value is -0.830. The molecule has 16 heavy (non-hydrogen) atoms. The summed E-state index contributed by atoms with van der Waals surface area (Å²) in [6, 6.07) is 0.506. The fourth-order valence-corrected chi connectivity index (χ4v) is 3.02. The largest absolute Gasteiger partial charge is 0.313 e. The molecule has 90 valence electrons. The van der Waals surface area contributed by atoms with Crippen LogP contribution in [0.4, 0.5) is 0 Å². The van der Waals surface area contributed by atoms with Crippen molar-refractivity contribution >= 4 is 0 Å². The van der Waals surface area contributed by atoms with E-state index in [-0.39, 0.29) is 0 Å². The van der Waals surface area contributed by atoms with Crippen molar-refractivity contribution in [1.82, 2.24) is 15.1 Å². The van der Waals surface area contributed by atoms with Gasteiger partial charge < -0.3 is 5.32 Å². The van der Waals surface area contributed by atoms with Gasteiger partial charge in [-0.15, -0.1) is 0 Å². The molecule has 0 radical (unpaired) electrons. The molecule has 3 nitrogen and oxygen atoms in total. The Morgan fingerprint density at radius 1 is 1.50 bits per heavy atom. The van der Waals surface area contributed by atoms with Crippen LogP contribution in [0, 0.1) is 5.92 Å². The Balaban J connectivity index is 2.24. The first kappa shape index (κ1) is 11.6. The van der Waals surface area contributed by atoms with Crippen molar-refractivity contribution in [1.29, 1.82) is 0 Å². The summed E-state index contributed by atoms with van der Waals surface area (Å²) in [7, 11) is 4.10. The average Bonchev–Trinajstić information content (AvgIpc) is 2.89. The maximum absolute atomic E-state index is 4.55. The summed E-state index contributed by atoms with van der Waals surface area (Å²) in [6.07, 6.45) is 8.74. The van der Waals surface area contributed by atoms with E-state index in [1.165, 1.54) is 36.9 Å². The van der Waals surface area contributed by atoms with Gasteiger partial charge in [0, 0.05) is 24.8 Å². The highest BCUT2D eigenvalue weighted by molar-refractivity contribution is 5.22. The quantitative estimate of drug-likeness (QED) is 0.846. The molecule has 0 aliphatic heterocycles. The summed E-state index contributed by atoms with van der Waals surface area (Å²) in [4.78, 5) is 0. The van der Waals surface area contributed by atoms with Crippen LogP contribution in [0.15, 0.2) is 6.20 Å². The van der Waals surface area contributed by atoms with E-state index in [1.54, 1.807) is 0 Å². The first-order valence-corrected chi connectivity index (χ1v) is 6.46. The lowest BCUT2D eigenvalue weighted by atomic mass is 9.91. The fraction of sp³-hybridized carbons (Fsp3) is 0.769. The van der Waals surface area contributed by atoms with Gasteiger partial charge in [0.05, 0.1) is 5.69 Å². The van der Waals surface area contributed by atoms with Gasteiger partial charge in [-0.25, -0.2) is 0 Å². The van der Waals surface area contributed by atoms with Gasteiger partial charge in [-0.3, -0.25) is 4.68 Å². The molecule has 1 atom stereocenters. The number of nitrogens with zero attached hydrogens (tertiary/aromatic N) is 2. The SMILES string of the molecule is CCc1nn(C)cc1C(NC)C1CCCC1. The number of aromatic nitrogens is 2. The summed E-state index contributed by atoms with van der Waals surface area (Å²) in [5, 5.41) is 8.04. The third-order valence-corrected chi connectivity index (χ3v) is 3.79. The number of hydrogen-bond donors (Lipinski definition) is 1. The third kappa shape index (κ3) is 2.14. The van der Waals surface area contributed by atoms with Crippen molar-refractivity contribution < 1.29 is 0 Å². The van der Waals surface area contributed by atoms with Gasteiger partial charge in [0.25, 0.3) is 0 Å². The van der Waals surface area contributed by atoms with E-state index in [0.717, 1.165) is 12.3 Å². The third-order valence-electron chi connectivity index (χ3n) is 3.79. The lowest BCUT2D eigenvalue weighted by molar-refractivity contribution is 0.388. The van der Waals surface area contributed by atoms with Gasteiger partial charge in [-0.1, -0.05) is 19.8 Å². The maximum atomic E-state index is 4.55. The molecule has 2 rings (SSSR count). The highest BCUT2D eigenvalue weighted by Gasteiger charge is 2.27. The van der Waals surface area contributed by atoms with Gasteiger partial charge in [0.2, 0.25) is 0 Å². The molecule has 1 heterocycles. The predicted octanol–water partition coefficient (Wildman–Crippen LogP) is 2.43. The van der Waals surface area contributed by atoms with Crippen molar-refractivity contribution in [2.24, 2.45) is 13.0 Å². The van der Waals surface area contributed by atoms with Crippen LogP contribution in [0.5, 0.6) is 0 Å². The van der Waals surface area contributed by atoms with Crippen LogP contribution in [0.1, 0.15) is 49.9 Å². The number of hydrogen-bond acceptors (Lipinski definition) is 2. The van der Waals surface area contributed by atoms with E-state index in [4.69, 9.17) is 0 Å². The summed E-state index contributed by atoms with van der Waals surface area (Å²) in [5.74, 6) is 0.805. The Bertz CT molecular complexity index is 337. The molecule has 1 aliphatic rings. The lowest BCUT2D eigenvalue weighted by Crippen LogP contribution is -2.24. The molecular formula is C13H23N3. The highest BCUT2D eigenvalue weighted by atomic mass is 15.3. The van der Waals surface area contributed by atoms with Crippen molar-refractivity contribution in [3.8, 4) is 0 Å². The molecule has 1 unspecified atom stereocenters. The van der Waals surface area contributed by atoms with Gasteiger partial charge >= 0.3 is 0 Å². The van der Waals surface area contributed by atoms with Crippen molar-refractivity contribution in [2.45, 2.75) is 45.1 Å². The monoisotopic (exact) mass is 221 g/mol. The fourth-order valence-electron chi connectivity index (χ4n) is 3.02. The van der Waals surface area contributed by atoms with Gasteiger partial charge in [0.1, 0.15) is 0 Å². The van der Waals surface area contributed by atoms with Crippen LogP contribution >= 0.6 is 0 Å². The van der Waals surface area contributed by atoms with E-state index in [9.17, 15) is 0 Å². The van der Waals surface area contributed by atoms with E-state index >= 15 is 0 Å². The minimum atomic E-state index is 0.506. The molecule has 1 aliphatic carbocycles.